The van der Waals surface area contributed by atoms with Crippen LogP contribution in [0.1, 0.15) is 58.1 Å². The molecule has 3 rings (SSSR count). The van der Waals surface area contributed by atoms with Gasteiger partial charge in [-0.15, -0.1) is 0 Å². The second kappa shape index (κ2) is 5.36. The molecule has 1 saturated heterocycles. The van der Waals surface area contributed by atoms with Crippen LogP contribution in [0.2, 0.25) is 0 Å². The number of likely N-dealkylation sites (tertiary alicyclic amines) is 1. The van der Waals surface area contributed by atoms with Crippen molar-refractivity contribution in [1.29, 1.82) is 0 Å². The molecule has 1 amide bonds. The minimum Gasteiger partial charge on any atom is -0.481 e. The maximum absolute atomic E-state index is 13.1. The Kier molecular flexibility index (Phi) is 3.74. The van der Waals surface area contributed by atoms with Gasteiger partial charge in [-0.05, 0) is 39.2 Å². The molecule has 3 atom stereocenters. The molecular formula is C19H25NO3. The van der Waals surface area contributed by atoms with E-state index in [1.165, 1.54) is 0 Å². The SMILES string of the molecule is CC(C)(C)N1C(=O)C2CCCCC2(C(=O)O)C1c1ccccc1. The summed E-state index contributed by atoms with van der Waals surface area (Å²) in [6.45, 7) is 5.98. The molecule has 1 aliphatic carbocycles. The van der Waals surface area contributed by atoms with Gasteiger partial charge in [0.25, 0.3) is 0 Å². The Labute approximate surface area is 137 Å². The number of aliphatic carboxylic acids is 1. The van der Waals surface area contributed by atoms with Gasteiger partial charge < -0.3 is 10.0 Å². The minimum atomic E-state index is -0.996. The van der Waals surface area contributed by atoms with Gasteiger partial charge in [0.2, 0.25) is 5.91 Å². The maximum Gasteiger partial charge on any atom is 0.312 e. The topological polar surface area (TPSA) is 57.6 Å². The van der Waals surface area contributed by atoms with Crippen LogP contribution in [0.25, 0.3) is 0 Å². The van der Waals surface area contributed by atoms with Crippen molar-refractivity contribution in [3.8, 4) is 0 Å². The lowest BCUT2D eigenvalue weighted by Crippen LogP contribution is -2.47. The summed E-state index contributed by atoms with van der Waals surface area (Å²) in [5.74, 6) is -1.22. The van der Waals surface area contributed by atoms with Crippen LogP contribution in [0, 0.1) is 11.3 Å². The van der Waals surface area contributed by atoms with E-state index in [9.17, 15) is 14.7 Å². The minimum absolute atomic E-state index is 0.00783. The van der Waals surface area contributed by atoms with Gasteiger partial charge in [-0.2, -0.15) is 0 Å². The fourth-order valence-electron chi connectivity index (χ4n) is 4.57. The first kappa shape index (κ1) is 16.0. The first-order valence-corrected chi connectivity index (χ1v) is 8.41. The Bertz CT molecular complexity index is 619. The average Bonchev–Trinajstić information content (AvgIpc) is 2.79. The van der Waals surface area contributed by atoms with Crippen molar-refractivity contribution in [2.45, 2.75) is 58.0 Å². The number of nitrogens with zero attached hydrogens (tertiary/aromatic N) is 1. The van der Waals surface area contributed by atoms with Crippen molar-refractivity contribution in [3.05, 3.63) is 35.9 Å². The second-order valence-electron chi connectivity index (χ2n) is 7.84. The van der Waals surface area contributed by atoms with Gasteiger partial charge >= 0.3 is 5.97 Å². The Morgan fingerprint density at radius 3 is 2.43 bits per heavy atom. The molecule has 1 aliphatic heterocycles. The highest BCUT2D eigenvalue weighted by Crippen LogP contribution is 2.59. The molecule has 4 heteroatoms. The Morgan fingerprint density at radius 1 is 1.22 bits per heavy atom. The fraction of sp³-hybridized carbons (Fsp3) is 0.579. The van der Waals surface area contributed by atoms with Crippen LogP contribution in [0.5, 0.6) is 0 Å². The van der Waals surface area contributed by atoms with E-state index in [0.717, 1.165) is 18.4 Å². The number of carbonyl (C=O) groups is 2. The van der Waals surface area contributed by atoms with Gasteiger partial charge in [-0.25, -0.2) is 0 Å². The second-order valence-corrected chi connectivity index (χ2v) is 7.84. The quantitative estimate of drug-likeness (QED) is 0.906. The summed E-state index contributed by atoms with van der Waals surface area (Å²) in [6.07, 6.45) is 3.06. The molecule has 0 aromatic heterocycles. The predicted octanol–water partition coefficient (Wildman–Crippen LogP) is 3.63. The molecule has 4 nitrogen and oxygen atoms in total. The van der Waals surface area contributed by atoms with Crippen LogP contribution < -0.4 is 0 Å². The fourth-order valence-corrected chi connectivity index (χ4v) is 4.57. The zero-order valence-corrected chi connectivity index (χ0v) is 14.1. The summed E-state index contributed by atoms with van der Waals surface area (Å²) in [4.78, 5) is 27.4. The molecule has 0 spiro atoms. The molecule has 3 unspecified atom stereocenters. The van der Waals surface area contributed by atoms with E-state index in [1.807, 2.05) is 56.0 Å². The third kappa shape index (κ3) is 2.27. The number of benzene rings is 1. The first-order valence-electron chi connectivity index (χ1n) is 8.41. The number of carboxylic acid groups (broad SMARTS) is 1. The first-order chi connectivity index (χ1) is 10.8. The Balaban J connectivity index is 2.23. The lowest BCUT2D eigenvalue weighted by molar-refractivity contribution is -0.156. The van der Waals surface area contributed by atoms with E-state index in [1.54, 1.807) is 0 Å². The summed E-state index contributed by atoms with van der Waals surface area (Å²) in [6, 6.07) is 9.29. The molecular weight excluding hydrogens is 290 g/mol. The molecule has 2 aliphatic rings. The summed E-state index contributed by atoms with van der Waals surface area (Å²) in [5, 5.41) is 10.2. The highest BCUT2D eigenvalue weighted by atomic mass is 16.4. The number of amides is 1. The van der Waals surface area contributed by atoms with E-state index in [4.69, 9.17) is 0 Å². The van der Waals surface area contributed by atoms with Crippen LogP contribution in [-0.4, -0.2) is 27.4 Å². The molecule has 23 heavy (non-hydrogen) atoms. The van der Waals surface area contributed by atoms with Crippen molar-refractivity contribution < 1.29 is 14.7 Å². The van der Waals surface area contributed by atoms with Crippen molar-refractivity contribution >= 4 is 11.9 Å². The smallest absolute Gasteiger partial charge is 0.312 e. The number of rotatable bonds is 2. The number of hydrogen-bond donors (Lipinski definition) is 1. The van der Waals surface area contributed by atoms with Gasteiger partial charge in [0.1, 0.15) is 5.41 Å². The Hall–Kier alpha value is -1.84. The molecule has 1 aromatic rings. The Morgan fingerprint density at radius 2 is 1.87 bits per heavy atom. The van der Waals surface area contributed by atoms with E-state index in [-0.39, 0.29) is 11.9 Å². The van der Waals surface area contributed by atoms with Crippen molar-refractivity contribution in [1.82, 2.24) is 4.90 Å². The molecule has 1 N–H and O–H groups in total. The average molecular weight is 315 g/mol. The number of hydrogen-bond acceptors (Lipinski definition) is 2. The lowest BCUT2D eigenvalue weighted by atomic mass is 9.63. The molecule has 0 bridgehead atoms. The largest absolute Gasteiger partial charge is 0.481 e. The van der Waals surface area contributed by atoms with Gasteiger partial charge in [-0.3, -0.25) is 9.59 Å². The maximum atomic E-state index is 13.1. The highest BCUT2D eigenvalue weighted by molar-refractivity contribution is 5.93. The third-order valence-corrected chi connectivity index (χ3v) is 5.47. The summed E-state index contributed by atoms with van der Waals surface area (Å²) in [5.41, 5.74) is -0.469. The van der Waals surface area contributed by atoms with Crippen molar-refractivity contribution in [2.24, 2.45) is 11.3 Å². The molecule has 124 valence electrons. The standard InChI is InChI=1S/C19H25NO3/c1-18(2,3)20-15(13-9-5-4-6-10-13)19(17(22)23)12-8-7-11-14(19)16(20)21/h4-6,9-10,14-15H,7-8,11-12H2,1-3H3,(H,22,23). The van der Waals surface area contributed by atoms with Crippen molar-refractivity contribution in [2.75, 3.05) is 0 Å². The summed E-state index contributed by atoms with van der Waals surface area (Å²) in [7, 11) is 0. The number of fused-ring (bicyclic) bond motifs is 1. The predicted molar refractivity (Wildman–Crippen MR) is 87.8 cm³/mol. The number of carboxylic acids is 1. The van der Waals surface area contributed by atoms with E-state index in [2.05, 4.69) is 0 Å². The normalized spacial score (nSPS) is 31.1. The molecule has 0 radical (unpaired) electrons. The zero-order valence-electron chi connectivity index (χ0n) is 14.1. The van der Waals surface area contributed by atoms with Gasteiger partial charge in [-0.1, -0.05) is 43.2 Å². The van der Waals surface area contributed by atoms with E-state index >= 15 is 0 Å². The number of carbonyl (C=O) groups excluding carboxylic acids is 1. The summed E-state index contributed by atoms with van der Waals surface area (Å²) >= 11 is 0. The van der Waals surface area contributed by atoms with Crippen molar-refractivity contribution in [3.63, 3.8) is 0 Å². The van der Waals surface area contributed by atoms with Crippen LogP contribution in [0.3, 0.4) is 0 Å². The zero-order chi connectivity index (χ0) is 16.8. The van der Waals surface area contributed by atoms with Gasteiger partial charge in [0.15, 0.2) is 0 Å². The van der Waals surface area contributed by atoms with Gasteiger partial charge in [0.05, 0.1) is 12.0 Å². The molecule has 1 heterocycles. The van der Waals surface area contributed by atoms with Crippen LogP contribution in [0.4, 0.5) is 0 Å². The highest BCUT2D eigenvalue weighted by Gasteiger charge is 2.65. The monoisotopic (exact) mass is 315 g/mol. The molecule has 1 aromatic carbocycles. The molecule has 2 fully saturated rings. The summed E-state index contributed by atoms with van der Waals surface area (Å²) < 4.78 is 0. The van der Waals surface area contributed by atoms with Crippen LogP contribution in [0.15, 0.2) is 30.3 Å². The van der Waals surface area contributed by atoms with E-state index < -0.39 is 22.8 Å². The lowest BCUT2D eigenvalue weighted by Gasteiger charge is -2.43. The van der Waals surface area contributed by atoms with Crippen LogP contribution >= 0.6 is 0 Å². The van der Waals surface area contributed by atoms with Gasteiger partial charge in [0, 0.05) is 5.54 Å². The van der Waals surface area contributed by atoms with E-state index in [0.29, 0.717) is 12.8 Å². The molecule has 1 saturated carbocycles. The van der Waals surface area contributed by atoms with Crippen LogP contribution in [-0.2, 0) is 9.59 Å². The third-order valence-electron chi connectivity index (χ3n) is 5.47.